The van der Waals surface area contributed by atoms with Crippen molar-refractivity contribution in [3.05, 3.63) is 75.2 Å². The summed E-state index contributed by atoms with van der Waals surface area (Å²) in [6, 6.07) is 14.6. The fourth-order valence-corrected chi connectivity index (χ4v) is 2.32. The molecule has 0 N–H and O–H groups in total. The second kappa shape index (κ2) is 5.98. The highest BCUT2D eigenvalue weighted by atomic mass is 79.9. The molecule has 90 valence electrons. The third-order valence-electron chi connectivity index (χ3n) is 2.44. The lowest BCUT2D eigenvalue weighted by atomic mass is 10.1. The number of hydrogen-bond donors (Lipinski definition) is 0. The average Bonchev–Trinajstić information content (AvgIpc) is 2.38. The predicted molar refractivity (Wildman–Crippen MR) is 79.0 cm³/mol. The zero-order valence-electron chi connectivity index (χ0n) is 9.44. The molecule has 0 atom stereocenters. The third kappa shape index (κ3) is 3.31. The molecule has 0 saturated heterocycles. The van der Waals surface area contributed by atoms with E-state index in [1.165, 1.54) is 0 Å². The number of carbonyl (C=O) groups is 1. The van der Waals surface area contributed by atoms with Gasteiger partial charge in [-0.05, 0) is 29.8 Å². The molecule has 1 nitrogen and oxygen atoms in total. The summed E-state index contributed by atoms with van der Waals surface area (Å²) < 4.78 is 0.868. The molecular formula is C15H10BrClO. The number of carbonyl (C=O) groups excluding carboxylic acids is 1. The minimum absolute atomic E-state index is 0.0162. The zero-order valence-corrected chi connectivity index (χ0v) is 11.8. The van der Waals surface area contributed by atoms with Crippen molar-refractivity contribution in [2.75, 3.05) is 0 Å². The second-order valence-corrected chi connectivity index (χ2v) is 5.02. The van der Waals surface area contributed by atoms with Crippen LogP contribution in [0.1, 0.15) is 15.9 Å². The minimum atomic E-state index is -0.0162. The normalized spacial score (nSPS) is 10.8. The molecular weight excluding hydrogens is 312 g/mol. The molecule has 0 bridgehead atoms. The van der Waals surface area contributed by atoms with Crippen LogP contribution < -0.4 is 0 Å². The van der Waals surface area contributed by atoms with Gasteiger partial charge in [-0.1, -0.05) is 63.9 Å². The lowest BCUT2D eigenvalue weighted by Gasteiger charge is -1.99. The number of halogens is 2. The smallest absolute Gasteiger partial charge is 0.185 e. The Hall–Kier alpha value is -1.38. The Balaban J connectivity index is 2.19. The number of benzene rings is 2. The Bertz CT molecular complexity index is 591. The van der Waals surface area contributed by atoms with Crippen molar-refractivity contribution in [1.29, 1.82) is 0 Å². The Labute approximate surface area is 119 Å². The van der Waals surface area contributed by atoms with E-state index in [2.05, 4.69) is 15.9 Å². The van der Waals surface area contributed by atoms with E-state index in [0.717, 1.165) is 10.0 Å². The van der Waals surface area contributed by atoms with E-state index in [-0.39, 0.29) is 5.78 Å². The third-order valence-corrected chi connectivity index (χ3v) is 3.36. The van der Waals surface area contributed by atoms with Crippen LogP contribution in [0.3, 0.4) is 0 Å². The first-order valence-electron chi connectivity index (χ1n) is 5.39. The lowest BCUT2D eigenvalue weighted by molar-refractivity contribution is 0.104. The van der Waals surface area contributed by atoms with Crippen molar-refractivity contribution in [2.45, 2.75) is 0 Å². The van der Waals surface area contributed by atoms with Crippen LogP contribution in [0, 0.1) is 0 Å². The van der Waals surface area contributed by atoms with Gasteiger partial charge in [0.2, 0.25) is 0 Å². The van der Waals surface area contributed by atoms with Crippen LogP contribution in [0.4, 0.5) is 0 Å². The molecule has 0 aliphatic heterocycles. The maximum Gasteiger partial charge on any atom is 0.185 e. The molecule has 3 heteroatoms. The standard InChI is InChI=1S/C15H10BrClO/c16-14-10-13(17)8-6-11(14)7-9-15(18)12-4-2-1-3-5-12/h1-10H/b9-7+. The Kier molecular flexibility index (Phi) is 4.34. The predicted octanol–water partition coefficient (Wildman–Crippen LogP) is 5.00. The molecule has 0 heterocycles. The second-order valence-electron chi connectivity index (χ2n) is 3.73. The van der Waals surface area contributed by atoms with E-state index < -0.39 is 0 Å². The molecule has 0 aliphatic carbocycles. The van der Waals surface area contributed by atoms with Crippen molar-refractivity contribution in [2.24, 2.45) is 0 Å². The maximum absolute atomic E-state index is 11.9. The molecule has 0 saturated carbocycles. The van der Waals surface area contributed by atoms with E-state index in [4.69, 9.17) is 11.6 Å². The fourth-order valence-electron chi connectivity index (χ4n) is 1.50. The van der Waals surface area contributed by atoms with Crippen LogP contribution in [0.5, 0.6) is 0 Å². The largest absolute Gasteiger partial charge is 0.289 e. The Morgan fingerprint density at radius 3 is 2.50 bits per heavy atom. The van der Waals surface area contributed by atoms with E-state index >= 15 is 0 Å². The number of hydrogen-bond acceptors (Lipinski definition) is 1. The van der Waals surface area contributed by atoms with Crippen LogP contribution in [0.2, 0.25) is 5.02 Å². The van der Waals surface area contributed by atoms with Gasteiger partial charge in [0.25, 0.3) is 0 Å². The van der Waals surface area contributed by atoms with Gasteiger partial charge >= 0.3 is 0 Å². The van der Waals surface area contributed by atoms with Gasteiger partial charge in [0.05, 0.1) is 0 Å². The van der Waals surface area contributed by atoms with Gasteiger partial charge in [0.1, 0.15) is 0 Å². The molecule has 2 rings (SSSR count). The van der Waals surface area contributed by atoms with Crippen LogP contribution in [0.15, 0.2) is 59.1 Å². The van der Waals surface area contributed by atoms with Gasteiger partial charge < -0.3 is 0 Å². The summed E-state index contributed by atoms with van der Waals surface area (Å²) in [4.78, 5) is 11.9. The monoisotopic (exact) mass is 320 g/mol. The van der Waals surface area contributed by atoms with Gasteiger partial charge in [0.15, 0.2) is 5.78 Å². The van der Waals surface area contributed by atoms with Gasteiger partial charge in [-0.2, -0.15) is 0 Å². The molecule has 0 unspecified atom stereocenters. The van der Waals surface area contributed by atoms with E-state index in [0.29, 0.717) is 10.6 Å². The number of allylic oxidation sites excluding steroid dienone is 1. The van der Waals surface area contributed by atoms with Crippen LogP contribution >= 0.6 is 27.5 Å². The molecule has 0 radical (unpaired) electrons. The molecule has 0 amide bonds. The first-order chi connectivity index (χ1) is 8.66. The molecule has 0 aliphatic rings. The molecule has 0 aromatic heterocycles. The highest BCUT2D eigenvalue weighted by Crippen LogP contribution is 2.22. The van der Waals surface area contributed by atoms with Crippen molar-refractivity contribution in [1.82, 2.24) is 0 Å². The van der Waals surface area contributed by atoms with Crippen LogP contribution in [-0.4, -0.2) is 5.78 Å². The van der Waals surface area contributed by atoms with E-state index in [1.54, 1.807) is 36.4 Å². The quantitative estimate of drug-likeness (QED) is 0.574. The maximum atomic E-state index is 11.9. The first kappa shape index (κ1) is 13.1. The number of rotatable bonds is 3. The van der Waals surface area contributed by atoms with Crippen molar-refractivity contribution >= 4 is 39.4 Å². The molecule has 18 heavy (non-hydrogen) atoms. The minimum Gasteiger partial charge on any atom is -0.289 e. The summed E-state index contributed by atoms with van der Waals surface area (Å²) >= 11 is 9.26. The van der Waals surface area contributed by atoms with Gasteiger partial charge in [-0.3, -0.25) is 4.79 Å². The lowest BCUT2D eigenvalue weighted by Crippen LogP contribution is -1.92. The molecule has 2 aromatic carbocycles. The van der Waals surface area contributed by atoms with E-state index in [1.807, 2.05) is 24.3 Å². The fraction of sp³-hybridized carbons (Fsp3) is 0. The van der Waals surface area contributed by atoms with Crippen molar-refractivity contribution in [3.8, 4) is 0 Å². The van der Waals surface area contributed by atoms with Gasteiger partial charge in [-0.25, -0.2) is 0 Å². The summed E-state index contributed by atoms with van der Waals surface area (Å²) in [5.41, 5.74) is 1.60. The summed E-state index contributed by atoms with van der Waals surface area (Å²) in [5, 5.41) is 0.661. The molecule has 0 spiro atoms. The molecule has 2 aromatic rings. The zero-order chi connectivity index (χ0) is 13.0. The van der Waals surface area contributed by atoms with Gasteiger partial charge in [-0.15, -0.1) is 0 Å². The highest BCUT2D eigenvalue weighted by molar-refractivity contribution is 9.10. The van der Waals surface area contributed by atoms with Crippen molar-refractivity contribution in [3.63, 3.8) is 0 Å². The topological polar surface area (TPSA) is 17.1 Å². The van der Waals surface area contributed by atoms with Crippen molar-refractivity contribution < 1.29 is 4.79 Å². The summed E-state index contributed by atoms with van der Waals surface area (Å²) in [6.45, 7) is 0. The van der Waals surface area contributed by atoms with Crippen LogP contribution in [-0.2, 0) is 0 Å². The van der Waals surface area contributed by atoms with Crippen LogP contribution in [0.25, 0.3) is 6.08 Å². The molecule has 0 fully saturated rings. The van der Waals surface area contributed by atoms with E-state index in [9.17, 15) is 4.79 Å². The average molecular weight is 322 g/mol. The highest BCUT2D eigenvalue weighted by Gasteiger charge is 2.01. The number of ketones is 1. The summed E-state index contributed by atoms with van der Waals surface area (Å²) in [6.07, 6.45) is 3.33. The Morgan fingerprint density at radius 2 is 1.83 bits per heavy atom. The Morgan fingerprint density at radius 1 is 1.11 bits per heavy atom. The summed E-state index contributed by atoms with van der Waals surface area (Å²) in [7, 11) is 0. The van der Waals surface area contributed by atoms with Gasteiger partial charge in [0, 0.05) is 15.1 Å². The SMILES string of the molecule is O=C(/C=C/c1ccc(Cl)cc1Br)c1ccccc1. The first-order valence-corrected chi connectivity index (χ1v) is 6.56. The summed E-state index contributed by atoms with van der Waals surface area (Å²) in [5.74, 6) is -0.0162.